The molecule has 0 saturated heterocycles. The van der Waals surface area contributed by atoms with Gasteiger partial charge in [-0.05, 0) is 18.1 Å². The lowest BCUT2D eigenvalue weighted by Crippen LogP contribution is -2.47. The fraction of sp³-hybridized carbons (Fsp3) is 0.0385. The van der Waals surface area contributed by atoms with Crippen molar-refractivity contribution < 1.29 is 9.21 Å². The Morgan fingerprint density at radius 2 is 1.21 bits per heavy atom. The highest BCUT2D eigenvalue weighted by atomic mass is 16.3. The van der Waals surface area contributed by atoms with Crippen molar-refractivity contribution in [3.05, 3.63) is 71.3 Å². The third-order valence-electron chi connectivity index (χ3n) is 6.33. The molecule has 1 heterocycles. The topological polar surface area (TPSA) is 30.2 Å². The second kappa shape index (κ2) is 8.20. The van der Waals surface area contributed by atoms with Gasteiger partial charge in [0, 0.05) is 27.5 Å². The number of rotatable bonds is 3. The quantitative estimate of drug-likeness (QED) is 0.292. The van der Waals surface area contributed by atoms with E-state index >= 15 is 0 Å². The second-order valence-electron chi connectivity index (χ2n) is 8.26. The lowest BCUT2D eigenvalue weighted by Gasteiger charge is -2.16. The number of carbonyl (C=O) groups excluding carboxylic acids is 1. The fourth-order valence-corrected chi connectivity index (χ4v) is 4.38. The molecule has 146 valence electrons. The summed E-state index contributed by atoms with van der Waals surface area (Å²) >= 11 is 0. The van der Waals surface area contributed by atoms with Crippen LogP contribution in [0.1, 0.15) is 21.5 Å². The molecular weight excluding hydrogens is 409 g/mol. The van der Waals surface area contributed by atoms with Gasteiger partial charge in [-0.2, -0.15) is 0 Å². The summed E-state index contributed by atoms with van der Waals surface area (Å²) in [5, 5.41) is 1.21. The van der Waals surface area contributed by atoms with Crippen LogP contribution in [0.3, 0.4) is 0 Å². The summed E-state index contributed by atoms with van der Waals surface area (Å²) in [4.78, 5) is 12.8. The maximum atomic E-state index is 12.8. The Morgan fingerprint density at radius 1 is 0.618 bits per heavy atom. The Bertz CT molecular complexity index is 1620. The van der Waals surface area contributed by atoms with Gasteiger partial charge in [-0.15, -0.1) is 10.9 Å². The molecule has 0 amide bonds. The van der Waals surface area contributed by atoms with Crippen LogP contribution < -0.4 is 32.8 Å². The minimum Gasteiger partial charge on any atom is -0.456 e. The number of hydrogen-bond donors (Lipinski definition) is 0. The van der Waals surface area contributed by atoms with E-state index in [1.807, 2.05) is 25.1 Å². The molecule has 0 aliphatic rings. The minimum absolute atomic E-state index is 0.0797. The Hall–Kier alpha value is -3.26. The molecule has 0 atom stereocenters. The summed E-state index contributed by atoms with van der Waals surface area (Å²) in [6.45, 7) is 1.83. The maximum Gasteiger partial charge on any atom is 0.193 e. The van der Waals surface area contributed by atoms with Crippen molar-refractivity contribution in [2.75, 3.05) is 0 Å². The Labute approximate surface area is 206 Å². The molecule has 1 aromatic heterocycles. The number of hydrogen-bond acceptors (Lipinski definition) is 2. The van der Waals surface area contributed by atoms with Gasteiger partial charge in [-0.25, -0.2) is 0 Å². The summed E-state index contributed by atoms with van der Waals surface area (Å²) in [5.74, 6) is -0.0797. The Morgan fingerprint density at radius 3 is 1.85 bits per heavy atom. The first-order chi connectivity index (χ1) is 16.2. The number of aryl methyl sites for hydroxylation is 1. The number of ketones is 1. The molecular formula is C26H12B6O2. The van der Waals surface area contributed by atoms with Crippen LogP contribution in [-0.2, 0) is 0 Å². The number of benzene rings is 4. The van der Waals surface area contributed by atoms with Crippen LogP contribution in [0.4, 0.5) is 0 Å². The van der Waals surface area contributed by atoms with E-state index in [0.717, 1.165) is 5.56 Å². The molecule has 4 aromatic carbocycles. The molecule has 34 heavy (non-hydrogen) atoms. The van der Waals surface area contributed by atoms with Crippen molar-refractivity contribution in [1.82, 2.24) is 0 Å². The van der Waals surface area contributed by atoms with Crippen molar-refractivity contribution in [2.45, 2.75) is 6.92 Å². The first-order valence-electron chi connectivity index (χ1n) is 10.6. The van der Waals surface area contributed by atoms with E-state index in [2.05, 4.69) is 0 Å². The molecule has 2 nitrogen and oxygen atoms in total. The molecule has 0 aliphatic carbocycles. The third-order valence-corrected chi connectivity index (χ3v) is 6.33. The normalized spacial score (nSPS) is 11.3. The first-order valence-corrected chi connectivity index (χ1v) is 10.6. The van der Waals surface area contributed by atoms with Gasteiger partial charge in [0.2, 0.25) is 0 Å². The molecule has 5 aromatic rings. The van der Waals surface area contributed by atoms with Gasteiger partial charge in [-0.3, -0.25) is 4.79 Å². The largest absolute Gasteiger partial charge is 0.456 e. The highest BCUT2D eigenvalue weighted by Gasteiger charge is 2.22. The number of fused-ring (bicyclic) bond motifs is 3. The van der Waals surface area contributed by atoms with Gasteiger partial charge >= 0.3 is 0 Å². The predicted molar refractivity (Wildman–Crippen MR) is 146 cm³/mol. The van der Waals surface area contributed by atoms with Crippen LogP contribution in [0.25, 0.3) is 33.1 Å². The summed E-state index contributed by atoms with van der Waals surface area (Å²) in [7, 11) is 37.5. The van der Waals surface area contributed by atoms with Crippen molar-refractivity contribution in [3.8, 4) is 11.1 Å². The molecule has 8 heteroatoms. The van der Waals surface area contributed by atoms with Crippen molar-refractivity contribution in [2.24, 2.45) is 0 Å². The minimum atomic E-state index is -0.0797. The predicted octanol–water partition coefficient (Wildman–Crippen LogP) is -0.445. The zero-order chi connectivity index (χ0) is 24.3. The maximum absolute atomic E-state index is 12.8. The van der Waals surface area contributed by atoms with Crippen molar-refractivity contribution >= 4 is 108 Å². The van der Waals surface area contributed by atoms with Crippen LogP contribution >= 0.6 is 0 Å². The monoisotopic (exact) mass is 422 g/mol. The van der Waals surface area contributed by atoms with E-state index < -0.39 is 0 Å². The van der Waals surface area contributed by atoms with Crippen molar-refractivity contribution in [1.29, 1.82) is 0 Å². The van der Waals surface area contributed by atoms with E-state index in [1.54, 1.807) is 36.4 Å². The highest BCUT2D eigenvalue weighted by Crippen LogP contribution is 2.34. The van der Waals surface area contributed by atoms with Crippen LogP contribution in [0, 0.1) is 6.92 Å². The lowest BCUT2D eigenvalue weighted by molar-refractivity contribution is 0.103. The van der Waals surface area contributed by atoms with Crippen LogP contribution in [-0.4, -0.2) is 52.9 Å². The van der Waals surface area contributed by atoms with Crippen molar-refractivity contribution in [3.63, 3.8) is 0 Å². The Kier molecular flexibility index (Phi) is 5.43. The Balaban J connectivity index is 1.77. The standard InChI is InChI=1S/C26H12B6O2/c1-11-15-17-20(29)21(30)22(31)23(32)26(17)34-25(15)16(19(28)18(11)27)12-7-9-14(10-8-12)24(33)13-5-3-2-4-6-13/h2-10H,1H3. The van der Waals surface area contributed by atoms with E-state index in [0.29, 0.717) is 55.1 Å². The van der Waals surface area contributed by atoms with Crippen LogP contribution in [0.15, 0.2) is 59.0 Å². The molecule has 0 aliphatic heterocycles. The van der Waals surface area contributed by atoms with Gasteiger partial charge in [0.25, 0.3) is 0 Å². The zero-order valence-electron chi connectivity index (χ0n) is 18.5. The van der Waals surface area contributed by atoms with E-state index in [4.69, 9.17) is 51.5 Å². The van der Waals surface area contributed by atoms with Gasteiger partial charge in [0.1, 0.15) is 58.2 Å². The molecule has 0 spiro atoms. The average Bonchev–Trinajstić information content (AvgIpc) is 3.26. The molecule has 5 rings (SSSR count). The smallest absolute Gasteiger partial charge is 0.193 e. The molecule has 0 unspecified atom stereocenters. The molecule has 0 saturated carbocycles. The second-order valence-corrected chi connectivity index (χ2v) is 8.26. The van der Waals surface area contributed by atoms with Gasteiger partial charge in [0.05, 0.1) is 0 Å². The fourth-order valence-electron chi connectivity index (χ4n) is 4.38. The van der Waals surface area contributed by atoms with Gasteiger partial charge < -0.3 is 4.42 Å². The van der Waals surface area contributed by atoms with E-state index in [9.17, 15) is 4.79 Å². The molecule has 0 N–H and O–H groups in total. The zero-order valence-corrected chi connectivity index (χ0v) is 18.5. The molecule has 0 bridgehead atoms. The number of furan rings is 1. The van der Waals surface area contributed by atoms with Crippen LogP contribution in [0.2, 0.25) is 0 Å². The first kappa shape index (κ1) is 22.5. The average molecular weight is 421 g/mol. The SMILES string of the molecule is [B]c1c([B])c([B])c2c(oc3c(-c4ccc(C(=O)c5ccccc5)cc4)c([B])c([B])c(C)c32)c1[B]. The van der Waals surface area contributed by atoms with Gasteiger partial charge in [0.15, 0.2) is 5.78 Å². The lowest BCUT2D eigenvalue weighted by atomic mass is 9.65. The summed E-state index contributed by atoms with van der Waals surface area (Å²) in [6, 6.07) is 16.2. The summed E-state index contributed by atoms with van der Waals surface area (Å²) in [5.41, 5.74) is 5.48. The van der Waals surface area contributed by atoms with E-state index in [1.165, 1.54) is 0 Å². The van der Waals surface area contributed by atoms with E-state index in [-0.39, 0.29) is 27.6 Å². The third kappa shape index (κ3) is 3.23. The molecule has 12 radical (unpaired) electrons. The molecule has 0 fully saturated rings. The summed E-state index contributed by atoms with van der Waals surface area (Å²) < 4.78 is 6.21. The highest BCUT2D eigenvalue weighted by molar-refractivity contribution is 6.67. The summed E-state index contributed by atoms with van der Waals surface area (Å²) in [6.07, 6.45) is 0. The van der Waals surface area contributed by atoms with Gasteiger partial charge in [-0.1, -0.05) is 76.4 Å². The van der Waals surface area contributed by atoms with Crippen LogP contribution in [0.5, 0.6) is 0 Å². The number of carbonyl (C=O) groups is 1.